The van der Waals surface area contributed by atoms with Crippen molar-refractivity contribution in [1.29, 1.82) is 0 Å². The lowest BCUT2D eigenvalue weighted by Gasteiger charge is -2.26. The molecule has 13 rings (SSSR count). The number of benzene rings is 11. The molecule has 0 unspecified atom stereocenters. The Hall–Kier alpha value is -8.92. The van der Waals surface area contributed by atoms with Crippen molar-refractivity contribution in [3.8, 4) is 55.6 Å². The summed E-state index contributed by atoms with van der Waals surface area (Å²) in [7, 11) is 0. The summed E-state index contributed by atoms with van der Waals surface area (Å²) in [4.78, 5) is 2.35. The van der Waals surface area contributed by atoms with Gasteiger partial charge in [0.1, 0.15) is 22.3 Å². The molecule has 13 aromatic rings. The van der Waals surface area contributed by atoms with Crippen molar-refractivity contribution >= 4 is 71.7 Å². The van der Waals surface area contributed by atoms with Crippen LogP contribution in [0.1, 0.15) is 0 Å². The molecular weight excluding hydrogens is 815 g/mol. The van der Waals surface area contributed by atoms with Crippen molar-refractivity contribution in [3.05, 3.63) is 249 Å². The maximum Gasteiger partial charge on any atom is 0.143 e. The van der Waals surface area contributed by atoms with Crippen molar-refractivity contribution in [1.82, 2.24) is 0 Å². The standard InChI is InChI=1S/C64H41NO2/c1-3-14-44(15-4-1)54-24-12-29-59-60-41-47(34-39-61(60)66-62(54)59)42-30-35-49(36-31-42)65(50-37-32-46(33-38-50)53-23-10-19-43-18-7-8-22-52(43)53)51-21-9-20-48(40-51)56-26-13-28-58-57-27-11-25-55(63(57)67-64(56)58)45-16-5-2-6-17-45/h1-41H. The fraction of sp³-hybridized carbons (Fsp3) is 0. The van der Waals surface area contributed by atoms with Gasteiger partial charge in [-0.05, 0) is 98.2 Å². The summed E-state index contributed by atoms with van der Waals surface area (Å²) in [5.74, 6) is 0. The second kappa shape index (κ2) is 16.0. The van der Waals surface area contributed by atoms with Crippen molar-refractivity contribution in [2.45, 2.75) is 0 Å². The minimum atomic E-state index is 0.881. The Morgan fingerprint density at radius 2 is 0.687 bits per heavy atom. The fourth-order valence-electron chi connectivity index (χ4n) is 10.0. The van der Waals surface area contributed by atoms with E-state index in [-0.39, 0.29) is 0 Å². The van der Waals surface area contributed by atoms with Crippen molar-refractivity contribution in [2.75, 3.05) is 4.90 Å². The molecule has 0 aliphatic rings. The van der Waals surface area contributed by atoms with Crippen LogP contribution in [0.25, 0.3) is 110 Å². The molecule has 0 saturated carbocycles. The van der Waals surface area contributed by atoms with E-state index in [0.29, 0.717) is 0 Å². The summed E-state index contributed by atoms with van der Waals surface area (Å²) >= 11 is 0. The smallest absolute Gasteiger partial charge is 0.143 e. The molecule has 3 heteroatoms. The van der Waals surface area contributed by atoms with Crippen molar-refractivity contribution in [3.63, 3.8) is 0 Å². The van der Waals surface area contributed by atoms with E-state index in [1.807, 2.05) is 6.07 Å². The van der Waals surface area contributed by atoms with Crippen molar-refractivity contribution < 1.29 is 8.83 Å². The van der Waals surface area contributed by atoms with Crippen LogP contribution in [-0.4, -0.2) is 0 Å². The third-order valence-corrected chi connectivity index (χ3v) is 13.3. The van der Waals surface area contributed by atoms with Gasteiger partial charge >= 0.3 is 0 Å². The minimum absolute atomic E-state index is 0.881. The van der Waals surface area contributed by atoms with Gasteiger partial charge in [-0.3, -0.25) is 0 Å². The van der Waals surface area contributed by atoms with E-state index >= 15 is 0 Å². The second-order valence-electron chi connectivity index (χ2n) is 17.2. The molecule has 2 heterocycles. The Morgan fingerprint density at radius 1 is 0.239 bits per heavy atom. The summed E-state index contributed by atoms with van der Waals surface area (Å²) in [5, 5.41) is 6.91. The molecule has 2 aromatic heterocycles. The van der Waals surface area contributed by atoms with Gasteiger partial charge in [-0.25, -0.2) is 0 Å². The van der Waals surface area contributed by atoms with Crippen LogP contribution in [0.3, 0.4) is 0 Å². The molecule has 3 nitrogen and oxygen atoms in total. The van der Waals surface area contributed by atoms with Crippen LogP contribution in [0.2, 0.25) is 0 Å². The van der Waals surface area contributed by atoms with E-state index in [1.54, 1.807) is 0 Å². The Labute approximate surface area is 388 Å². The highest BCUT2D eigenvalue weighted by atomic mass is 16.3. The minimum Gasteiger partial charge on any atom is -0.455 e. The summed E-state index contributed by atoms with van der Waals surface area (Å²) in [6, 6.07) is 88.7. The SMILES string of the molecule is c1ccc(-c2cccc3c2oc2ccc(-c4ccc(N(c5ccc(-c6cccc7ccccc67)cc5)c5cccc(-c6cccc7c6oc6c(-c8ccccc8)cccc67)c5)cc4)cc23)cc1. The number of hydrogen-bond acceptors (Lipinski definition) is 3. The third-order valence-electron chi connectivity index (χ3n) is 13.3. The Bertz CT molecular complexity index is 3950. The lowest BCUT2D eigenvalue weighted by molar-refractivity contribution is 0.670. The molecule has 0 spiro atoms. The second-order valence-corrected chi connectivity index (χ2v) is 17.2. The highest BCUT2D eigenvalue weighted by Crippen LogP contribution is 2.44. The third kappa shape index (κ3) is 6.67. The first-order chi connectivity index (χ1) is 33.2. The molecule has 11 aromatic carbocycles. The van der Waals surface area contributed by atoms with Gasteiger partial charge < -0.3 is 13.7 Å². The van der Waals surface area contributed by atoms with Crippen LogP contribution < -0.4 is 4.90 Å². The quantitative estimate of drug-likeness (QED) is 0.152. The first-order valence-electron chi connectivity index (χ1n) is 22.8. The van der Waals surface area contributed by atoms with Gasteiger partial charge in [0.15, 0.2) is 0 Å². The van der Waals surface area contributed by atoms with E-state index in [9.17, 15) is 0 Å². The zero-order chi connectivity index (χ0) is 44.3. The normalized spacial score (nSPS) is 11.6. The van der Waals surface area contributed by atoms with Crippen LogP contribution in [0.4, 0.5) is 17.1 Å². The largest absolute Gasteiger partial charge is 0.455 e. The zero-order valence-electron chi connectivity index (χ0n) is 36.4. The average molecular weight is 856 g/mol. The van der Waals surface area contributed by atoms with Gasteiger partial charge in [-0.2, -0.15) is 0 Å². The predicted octanol–water partition coefficient (Wildman–Crippen LogP) is 18.4. The summed E-state index contributed by atoms with van der Waals surface area (Å²) in [6.45, 7) is 0. The van der Waals surface area contributed by atoms with E-state index < -0.39 is 0 Å². The van der Waals surface area contributed by atoms with Crippen LogP contribution >= 0.6 is 0 Å². The van der Waals surface area contributed by atoms with Gasteiger partial charge in [0.2, 0.25) is 0 Å². The number of fused-ring (bicyclic) bond motifs is 7. The molecule has 0 aliphatic carbocycles. The number of para-hydroxylation sites is 3. The molecule has 0 atom stereocenters. The number of nitrogens with zero attached hydrogens (tertiary/aromatic N) is 1. The molecule has 0 fully saturated rings. The van der Waals surface area contributed by atoms with Gasteiger partial charge in [0.05, 0.1) is 0 Å². The Balaban J connectivity index is 0.913. The molecule has 0 saturated heterocycles. The van der Waals surface area contributed by atoms with E-state index in [0.717, 1.165) is 105 Å². The van der Waals surface area contributed by atoms with Gasteiger partial charge in [0.25, 0.3) is 0 Å². The Kier molecular flexibility index (Phi) is 9.17. The number of hydrogen-bond donors (Lipinski definition) is 0. The highest BCUT2D eigenvalue weighted by molar-refractivity contribution is 6.13. The summed E-state index contributed by atoms with van der Waals surface area (Å²) in [5.41, 5.74) is 18.0. The summed E-state index contributed by atoms with van der Waals surface area (Å²) in [6.07, 6.45) is 0. The first-order valence-corrected chi connectivity index (χ1v) is 22.8. The highest BCUT2D eigenvalue weighted by Gasteiger charge is 2.19. The topological polar surface area (TPSA) is 29.5 Å². The molecule has 0 amide bonds. The number of furan rings is 2. The molecule has 0 radical (unpaired) electrons. The number of anilines is 3. The van der Waals surface area contributed by atoms with E-state index in [1.165, 1.54) is 21.9 Å². The lowest BCUT2D eigenvalue weighted by Crippen LogP contribution is -2.10. The number of rotatable bonds is 8. The van der Waals surface area contributed by atoms with Gasteiger partial charge in [0, 0.05) is 55.3 Å². The van der Waals surface area contributed by atoms with E-state index in [4.69, 9.17) is 8.83 Å². The molecule has 0 bridgehead atoms. The molecular formula is C64H41NO2. The zero-order valence-corrected chi connectivity index (χ0v) is 36.4. The summed E-state index contributed by atoms with van der Waals surface area (Å²) < 4.78 is 13.4. The first kappa shape index (κ1) is 38.5. The maximum atomic E-state index is 6.89. The lowest BCUT2D eigenvalue weighted by atomic mass is 9.97. The van der Waals surface area contributed by atoms with E-state index in [2.05, 4.69) is 248 Å². The molecule has 67 heavy (non-hydrogen) atoms. The van der Waals surface area contributed by atoms with Crippen LogP contribution in [-0.2, 0) is 0 Å². The van der Waals surface area contributed by atoms with Crippen molar-refractivity contribution in [2.24, 2.45) is 0 Å². The predicted molar refractivity (Wildman–Crippen MR) is 280 cm³/mol. The molecule has 0 N–H and O–H groups in total. The van der Waals surface area contributed by atoms with Crippen LogP contribution in [0, 0.1) is 0 Å². The molecule has 314 valence electrons. The molecule has 0 aliphatic heterocycles. The van der Waals surface area contributed by atoms with Gasteiger partial charge in [-0.1, -0.05) is 200 Å². The van der Waals surface area contributed by atoms with Crippen LogP contribution in [0.5, 0.6) is 0 Å². The maximum absolute atomic E-state index is 6.89. The van der Waals surface area contributed by atoms with Crippen LogP contribution in [0.15, 0.2) is 258 Å². The Morgan fingerprint density at radius 3 is 1.34 bits per heavy atom. The van der Waals surface area contributed by atoms with Gasteiger partial charge in [-0.15, -0.1) is 0 Å². The fourth-order valence-corrected chi connectivity index (χ4v) is 10.0. The monoisotopic (exact) mass is 855 g/mol. The average Bonchev–Trinajstić information content (AvgIpc) is 3.98.